The number of carbonyl (C=O) groups is 1. The van der Waals surface area contributed by atoms with Gasteiger partial charge in [-0.05, 0) is 0 Å². The summed E-state index contributed by atoms with van der Waals surface area (Å²) < 4.78 is 0.905. The third-order valence-corrected chi connectivity index (χ3v) is 0.843. The summed E-state index contributed by atoms with van der Waals surface area (Å²) in [6, 6.07) is 0.516. The largest absolute Gasteiger partial charge is 0.350 e. The van der Waals surface area contributed by atoms with E-state index in [1.165, 1.54) is 12.3 Å². The zero-order valence-corrected chi connectivity index (χ0v) is 4.50. The van der Waals surface area contributed by atoms with Crippen LogP contribution < -0.4 is 11.3 Å². The minimum absolute atomic E-state index is 0.339. The van der Waals surface area contributed by atoms with E-state index in [9.17, 15) is 9.59 Å². The number of amides is 1. The first-order chi connectivity index (χ1) is 4.20. The van der Waals surface area contributed by atoms with Crippen LogP contribution >= 0.6 is 0 Å². The molecule has 0 saturated carbocycles. The van der Waals surface area contributed by atoms with Gasteiger partial charge in [-0.15, -0.1) is 0 Å². The molecule has 9 heavy (non-hydrogen) atoms. The van der Waals surface area contributed by atoms with Crippen molar-refractivity contribution in [3.8, 4) is 0 Å². The first-order valence-corrected chi connectivity index (χ1v) is 2.27. The van der Waals surface area contributed by atoms with Gasteiger partial charge in [-0.1, -0.05) is 0 Å². The molecule has 0 aliphatic rings. The second-order valence-electron chi connectivity index (χ2n) is 1.50. The Morgan fingerprint density at radius 1 is 1.78 bits per heavy atom. The number of nitrogens with two attached hydrogens (primary N) is 1. The Morgan fingerprint density at radius 3 is 2.67 bits per heavy atom. The summed E-state index contributed by atoms with van der Waals surface area (Å²) in [5.74, 6) is 0. The van der Waals surface area contributed by atoms with Crippen LogP contribution in [0.3, 0.4) is 0 Å². The summed E-state index contributed by atoms with van der Waals surface area (Å²) >= 11 is 0. The van der Waals surface area contributed by atoms with Gasteiger partial charge in [-0.3, -0.25) is 9.89 Å². The van der Waals surface area contributed by atoms with Crippen LogP contribution in [0.15, 0.2) is 17.1 Å². The molecule has 1 heterocycles. The molecule has 0 aromatic carbocycles. The van der Waals surface area contributed by atoms with Crippen molar-refractivity contribution in [3.63, 3.8) is 0 Å². The quantitative estimate of drug-likeness (QED) is 0.473. The summed E-state index contributed by atoms with van der Waals surface area (Å²) in [6.07, 6.45) is 1.27. The van der Waals surface area contributed by atoms with Crippen LogP contribution in [0, 0.1) is 0 Å². The summed E-state index contributed by atoms with van der Waals surface area (Å²) in [7, 11) is 0. The fourth-order valence-electron chi connectivity index (χ4n) is 0.464. The number of primary amides is 1. The number of carbonyl (C=O) groups excluding carboxylic acids is 1. The third kappa shape index (κ3) is 0.987. The predicted molar refractivity (Wildman–Crippen MR) is 30.0 cm³/mol. The molecule has 0 bridgehead atoms. The van der Waals surface area contributed by atoms with Gasteiger partial charge in [0.15, 0.2) is 0 Å². The topological polar surface area (TPSA) is 80.9 Å². The molecule has 3 N–H and O–H groups in total. The maximum atomic E-state index is 10.3. The van der Waals surface area contributed by atoms with Crippen molar-refractivity contribution in [2.75, 3.05) is 0 Å². The molecule has 48 valence electrons. The summed E-state index contributed by atoms with van der Waals surface area (Å²) in [6.45, 7) is 0. The minimum atomic E-state index is -0.697. The molecule has 0 aliphatic heterocycles. The van der Waals surface area contributed by atoms with Crippen LogP contribution in [0.25, 0.3) is 0 Å². The molecule has 5 heteroatoms. The minimum Gasteiger partial charge on any atom is -0.350 e. The van der Waals surface area contributed by atoms with E-state index in [1.807, 2.05) is 0 Å². The lowest BCUT2D eigenvalue weighted by Crippen LogP contribution is -2.21. The number of nitrogens with one attached hydrogen (secondary N) is 1. The van der Waals surface area contributed by atoms with Crippen molar-refractivity contribution >= 4 is 6.03 Å². The molecule has 1 aromatic rings. The van der Waals surface area contributed by atoms with Crippen LogP contribution in [0.2, 0.25) is 0 Å². The van der Waals surface area contributed by atoms with Crippen molar-refractivity contribution in [1.29, 1.82) is 0 Å². The molecule has 0 unspecified atom stereocenters. The van der Waals surface area contributed by atoms with Crippen LogP contribution in [-0.2, 0) is 0 Å². The molecule has 0 radical (unpaired) electrons. The molecule has 0 aliphatic carbocycles. The Bertz CT molecular complexity index is 271. The van der Waals surface area contributed by atoms with Crippen molar-refractivity contribution in [2.45, 2.75) is 0 Å². The van der Waals surface area contributed by atoms with Gasteiger partial charge in [0.2, 0.25) is 0 Å². The number of H-pyrrole nitrogens is 1. The van der Waals surface area contributed by atoms with Gasteiger partial charge in [0, 0.05) is 12.3 Å². The van der Waals surface area contributed by atoms with Gasteiger partial charge in [0.1, 0.15) is 0 Å². The highest BCUT2D eigenvalue weighted by Gasteiger charge is 1.94. The normalized spacial score (nSPS) is 9.33. The molecular weight excluding hydrogens is 122 g/mol. The number of hydrogen-bond acceptors (Lipinski definition) is 2. The molecular formula is C4H5N3O2. The SMILES string of the molecule is NC(=O)n1ccc(=O)[nH]1. The lowest BCUT2D eigenvalue weighted by atomic mass is 10.7. The van der Waals surface area contributed by atoms with Crippen molar-refractivity contribution < 1.29 is 4.79 Å². The van der Waals surface area contributed by atoms with Crippen LogP contribution in [0.1, 0.15) is 0 Å². The van der Waals surface area contributed by atoms with E-state index in [1.54, 1.807) is 0 Å². The number of nitrogens with zero attached hydrogens (tertiary/aromatic N) is 1. The Hall–Kier alpha value is -1.52. The molecule has 1 aromatic heterocycles. The number of aromatic amines is 1. The second kappa shape index (κ2) is 1.77. The van der Waals surface area contributed by atoms with E-state index in [-0.39, 0.29) is 5.56 Å². The number of aromatic nitrogens is 2. The summed E-state index contributed by atoms with van der Waals surface area (Å²) in [5.41, 5.74) is 4.44. The first-order valence-electron chi connectivity index (χ1n) is 2.27. The van der Waals surface area contributed by atoms with E-state index < -0.39 is 6.03 Å². The number of hydrogen-bond donors (Lipinski definition) is 2. The summed E-state index contributed by atoms with van der Waals surface area (Å²) in [4.78, 5) is 20.5. The standard InChI is InChI=1S/C4H5N3O2/c5-4(9)7-2-1-3(8)6-7/h1-2H,(H2,5,9)(H,6,8). The van der Waals surface area contributed by atoms with Crippen molar-refractivity contribution in [3.05, 3.63) is 22.6 Å². The Morgan fingerprint density at radius 2 is 2.44 bits per heavy atom. The van der Waals surface area contributed by atoms with Crippen LogP contribution in [0.5, 0.6) is 0 Å². The van der Waals surface area contributed by atoms with Gasteiger partial charge in [-0.25, -0.2) is 9.48 Å². The van der Waals surface area contributed by atoms with Crippen LogP contribution in [-0.4, -0.2) is 15.8 Å². The van der Waals surface area contributed by atoms with Crippen molar-refractivity contribution in [2.24, 2.45) is 5.73 Å². The Balaban J connectivity index is 3.12. The molecule has 1 amide bonds. The number of rotatable bonds is 0. The van der Waals surface area contributed by atoms with E-state index >= 15 is 0 Å². The highest BCUT2D eigenvalue weighted by molar-refractivity contribution is 5.73. The van der Waals surface area contributed by atoms with Crippen molar-refractivity contribution in [1.82, 2.24) is 9.78 Å². The lowest BCUT2D eigenvalue weighted by Gasteiger charge is -1.88. The first kappa shape index (κ1) is 5.61. The fraction of sp³-hybridized carbons (Fsp3) is 0. The molecule has 0 fully saturated rings. The van der Waals surface area contributed by atoms with E-state index in [4.69, 9.17) is 5.73 Å². The molecule has 5 nitrogen and oxygen atoms in total. The second-order valence-corrected chi connectivity index (χ2v) is 1.50. The average molecular weight is 127 g/mol. The third-order valence-electron chi connectivity index (χ3n) is 0.843. The predicted octanol–water partition coefficient (Wildman–Crippen LogP) is -0.897. The van der Waals surface area contributed by atoms with E-state index in [0.29, 0.717) is 0 Å². The molecule has 0 atom stereocenters. The average Bonchev–Trinajstić information content (AvgIpc) is 2.14. The van der Waals surface area contributed by atoms with Gasteiger partial charge >= 0.3 is 6.03 Å². The lowest BCUT2D eigenvalue weighted by molar-refractivity contribution is 0.247. The fourth-order valence-corrected chi connectivity index (χ4v) is 0.464. The summed E-state index contributed by atoms with van der Waals surface area (Å²) in [5, 5.41) is 2.16. The van der Waals surface area contributed by atoms with Gasteiger partial charge in [0.25, 0.3) is 5.56 Å². The smallest absolute Gasteiger partial charge is 0.337 e. The zero-order valence-electron chi connectivity index (χ0n) is 4.50. The van der Waals surface area contributed by atoms with Gasteiger partial charge < -0.3 is 5.73 Å². The maximum absolute atomic E-state index is 10.3. The highest BCUT2D eigenvalue weighted by Crippen LogP contribution is 1.72. The van der Waals surface area contributed by atoms with Gasteiger partial charge in [0.05, 0.1) is 0 Å². The monoisotopic (exact) mass is 127 g/mol. The van der Waals surface area contributed by atoms with Crippen LogP contribution in [0.4, 0.5) is 4.79 Å². The molecule has 0 saturated heterocycles. The zero-order chi connectivity index (χ0) is 6.85. The highest BCUT2D eigenvalue weighted by atomic mass is 16.2. The van der Waals surface area contributed by atoms with E-state index in [2.05, 4.69) is 5.10 Å². The van der Waals surface area contributed by atoms with E-state index in [0.717, 1.165) is 4.68 Å². The van der Waals surface area contributed by atoms with Gasteiger partial charge in [-0.2, -0.15) is 0 Å². The maximum Gasteiger partial charge on any atom is 0.337 e. The Labute approximate surface area is 50.1 Å². The molecule has 1 rings (SSSR count). The Kier molecular flexibility index (Phi) is 1.11. The molecule has 0 spiro atoms.